The minimum atomic E-state index is 0.0281. The van der Waals surface area contributed by atoms with Crippen LogP contribution < -0.4 is 4.90 Å². The average molecular weight is 1080 g/mol. The summed E-state index contributed by atoms with van der Waals surface area (Å²) in [7, 11) is 0. The Bertz CT molecular complexity index is 5040. The molecule has 85 heavy (non-hydrogen) atoms. The molecule has 0 bridgehead atoms. The minimum absolute atomic E-state index is 0.0281. The Labute approximate surface area is 497 Å². The summed E-state index contributed by atoms with van der Waals surface area (Å²) < 4.78 is 0. The van der Waals surface area contributed by atoms with Gasteiger partial charge in [0.1, 0.15) is 0 Å². The van der Waals surface area contributed by atoms with E-state index in [4.69, 9.17) is 0 Å². The van der Waals surface area contributed by atoms with Crippen LogP contribution in [0, 0.1) is 0 Å². The summed E-state index contributed by atoms with van der Waals surface area (Å²) in [5.74, 6) is 0. The summed E-state index contributed by atoms with van der Waals surface area (Å²) in [4.78, 5) is 2.46. The molecule has 0 atom stereocenters. The van der Waals surface area contributed by atoms with Crippen molar-refractivity contribution in [2.24, 2.45) is 0 Å². The molecule has 0 N–H and O–H groups in total. The van der Waals surface area contributed by atoms with Gasteiger partial charge >= 0.3 is 0 Å². The normalized spacial score (nSPS) is 12.6. The smallest absolute Gasteiger partial charge is 0.0468 e. The van der Waals surface area contributed by atoms with Crippen molar-refractivity contribution in [3.05, 3.63) is 272 Å². The Morgan fingerprint density at radius 2 is 0.482 bits per heavy atom. The van der Waals surface area contributed by atoms with Gasteiger partial charge in [-0.2, -0.15) is 0 Å². The third-order valence-corrected chi connectivity index (χ3v) is 19.0. The number of hydrogen-bond donors (Lipinski definition) is 0. The second-order valence-corrected chi connectivity index (χ2v) is 25.8. The van der Waals surface area contributed by atoms with Crippen molar-refractivity contribution in [3.63, 3.8) is 0 Å². The molecule has 15 aromatic rings. The van der Waals surface area contributed by atoms with Crippen molar-refractivity contribution in [2.45, 2.75) is 52.4 Å². The maximum absolute atomic E-state index is 2.49. The monoisotopic (exact) mass is 1080 g/mol. The van der Waals surface area contributed by atoms with Gasteiger partial charge < -0.3 is 4.90 Å². The summed E-state index contributed by atoms with van der Waals surface area (Å²) in [6.45, 7) is 13.8. The number of rotatable bonds is 7. The second-order valence-electron chi connectivity index (χ2n) is 25.8. The SMILES string of the molecule is CC(C)(C)c1ccc(N(c2ccc(C(C)(C)C)cc2)c2ccc3c(-c4ccccc4)c4c(c(-c5ccccc5)c3c2)-c2ccc3c5ccc6c7c(ccc(c8ccc-4c2c83)c75)-c2c-6c(-c3ccccc3)c3ccccc3c2-c2ccccc2)cc1. The highest BCUT2D eigenvalue weighted by Gasteiger charge is 2.36. The van der Waals surface area contributed by atoms with Crippen LogP contribution in [0.1, 0.15) is 52.7 Å². The molecule has 0 saturated carbocycles. The van der Waals surface area contributed by atoms with Crippen LogP contribution in [0.25, 0.3) is 154 Å². The molecular formula is C84H61N. The van der Waals surface area contributed by atoms with Gasteiger partial charge in [0.25, 0.3) is 0 Å². The molecule has 0 amide bonds. The molecule has 15 aromatic carbocycles. The van der Waals surface area contributed by atoms with Gasteiger partial charge in [-0.05, 0) is 212 Å². The van der Waals surface area contributed by atoms with E-state index >= 15 is 0 Å². The van der Waals surface area contributed by atoms with Crippen LogP contribution in [-0.4, -0.2) is 0 Å². The Morgan fingerprint density at radius 3 is 0.800 bits per heavy atom. The molecule has 0 spiro atoms. The lowest BCUT2D eigenvalue weighted by atomic mass is 9.82. The van der Waals surface area contributed by atoms with Crippen molar-refractivity contribution in [3.8, 4) is 89.0 Å². The lowest BCUT2D eigenvalue weighted by Crippen LogP contribution is -2.14. The van der Waals surface area contributed by atoms with E-state index in [0.29, 0.717) is 0 Å². The van der Waals surface area contributed by atoms with E-state index in [0.717, 1.165) is 17.1 Å². The van der Waals surface area contributed by atoms with Gasteiger partial charge in [-0.25, -0.2) is 0 Å². The molecule has 0 heterocycles. The molecule has 2 aliphatic rings. The largest absolute Gasteiger partial charge is 0.310 e. The van der Waals surface area contributed by atoms with Crippen molar-refractivity contribution in [1.82, 2.24) is 0 Å². The maximum Gasteiger partial charge on any atom is 0.0468 e. The first-order valence-corrected chi connectivity index (χ1v) is 30.2. The van der Waals surface area contributed by atoms with Crippen LogP contribution in [0.4, 0.5) is 17.1 Å². The van der Waals surface area contributed by atoms with Crippen LogP contribution >= 0.6 is 0 Å². The Hall–Kier alpha value is -10.1. The predicted octanol–water partition coefficient (Wildman–Crippen LogP) is 24.1. The molecule has 0 saturated heterocycles. The molecule has 0 fully saturated rings. The predicted molar refractivity (Wildman–Crippen MR) is 365 cm³/mol. The summed E-state index contributed by atoms with van der Waals surface area (Å²) in [5.41, 5.74) is 26.6. The van der Waals surface area contributed by atoms with Crippen molar-refractivity contribution in [1.29, 1.82) is 0 Å². The molecule has 0 unspecified atom stereocenters. The number of benzene rings is 15. The van der Waals surface area contributed by atoms with Gasteiger partial charge in [0.05, 0.1) is 0 Å². The first kappa shape index (κ1) is 49.5. The molecular weight excluding hydrogens is 1020 g/mol. The first-order valence-electron chi connectivity index (χ1n) is 30.2. The van der Waals surface area contributed by atoms with E-state index in [9.17, 15) is 0 Å². The van der Waals surface area contributed by atoms with E-state index in [1.165, 1.54) is 165 Å². The van der Waals surface area contributed by atoms with Gasteiger partial charge in [-0.1, -0.05) is 266 Å². The van der Waals surface area contributed by atoms with E-state index in [1.54, 1.807) is 0 Å². The Morgan fingerprint density at radius 1 is 0.212 bits per heavy atom. The molecule has 1 nitrogen and oxygen atoms in total. The standard InChI is InChI=1S/C84H61N/c1-83(2,3)54-31-35-56(36-32-54)85(57-37-33-55(34-38-57)84(4,5)6)58-39-40-65-70(49-58)74(53-27-17-10-18-28-53)82-69-48-44-64-62-42-46-67-77-66(45-41-61(75(62)77)63-43-47-68(78(69)76(63)64)81(82)73(65)52-25-15-9-16-26-52)79-71(50-21-11-7-12-22-50)59-29-19-20-30-60(59)72(80(67)79)51-23-13-8-14-24-51/h7-49H,1-6H3. The van der Waals surface area contributed by atoms with E-state index < -0.39 is 0 Å². The quantitative estimate of drug-likeness (QED) is 0.114. The van der Waals surface area contributed by atoms with Crippen LogP contribution in [0.5, 0.6) is 0 Å². The topological polar surface area (TPSA) is 3.24 Å². The first-order chi connectivity index (χ1) is 41.5. The number of fused-ring (bicyclic) bond motifs is 10. The molecule has 0 aliphatic heterocycles. The third-order valence-electron chi connectivity index (χ3n) is 19.0. The summed E-state index contributed by atoms with van der Waals surface area (Å²) in [6, 6.07) is 99.1. The Balaban J connectivity index is 0.946. The van der Waals surface area contributed by atoms with Gasteiger partial charge in [0, 0.05) is 17.1 Å². The molecule has 1 heteroatoms. The highest BCUT2D eigenvalue weighted by atomic mass is 15.1. The van der Waals surface area contributed by atoms with Crippen LogP contribution in [0.15, 0.2) is 261 Å². The average Bonchev–Trinajstić information content (AvgIpc) is 1.75. The van der Waals surface area contributed by atoms with Crippen molar-refractivity contribution < 1.29 is 0 Å². The fraction of sp³-hybridized carbons (Fsp3) is 0.0952. The second kappa shape index (κ2) is 18.2. The lowest BCUT2D eigenvalue weighted by molar-refractivity contribution is 0.590. The van der Waals surface area contributed by atoms with Crippen molar-refractivity contribution in [2.75, 3.05) is 4.90 Å². The zero-order valence-electron chi connectivity index (χ0n) is 48.8. The highest BCUT2D eigenvalue weighted by molar-refractivity contribution is 6.42. The molecule has 17 rings (SSSR count). The zero-order chi connectivity index (χ0) is 57.0. The summed E-state index contributed by atoms with van der Waals surface area (Å²) >= 11 is 0. The number of nitrogens with zero attached hydrogens (tertiary/aromatic N) is 1. The molecule has 2 aliphatic carbocycles. The number of anilines is 3. The number of hydrogen-bond acceptors (Lipinski definition) is 1. The van der Waals surface area contributed by atoms with Crippen LogP contribution in [-0.2, 0) is 10.8 Å². The zero-order valence-corrected chi connectivity index (χ0v) is 48.8. The van der Waals surface area contributed by atoms with Gasteiger partial charge in [-0.15, -0.1) is 0 Å². The fourth-order valence-electron chi connectivity index (χ4n) is 15.1. The van der Waals surface area contributed by atoms with E-state index in [2.05, 4.69) is 307 Å². The third kappa shape index (κ3) is 7.23. The van der Waals surface area contributed by atoms with Crippen LogP contribution in [0.2, 0.25) is 0 Å². The van der Waals surface area contributed by atoms with Gasteiger partial charge in [-0.3, -0.25) is 0 Å². The lowest BCUT2D eigenvalue weighted by Gasteiger charge is -2.29. The maximum atomic E-state index is 2.49. The summed E-state index contributed by atoms with van der Waals surface area (Å²) in [5, 5.41) is 15.6. The summed E-state index contributed by atoms with van der Waals surface area (Å²) in [6.07, 6.45) is 0. The van der Waals surface area contributed by atoms with Gasteiger partial charge in [0.2, 0.25) is 0 Å². The van der Waals surface area contributed by atoms with Crippen molar-refractivity contribution >= 4 is 81.7 Å². The van der Waals surface area contributed by atoms with E-state index in [1.807, 2.05) is 0 Å². The fourth-order valence-corrected chi connectivity index (χ4v) is 15.1. The highest BCUT2D eigenvalue weighted by Crippen LogP contribution is 2.63. The van der Waals surface area contributed by atoms with Gasteiger partial charge in [0.15, 0.2) is 0 Å². The minimum Gasteiger partial charge on any atom is -0.310 e. The molecule has 402 valence electrons. The molecule has 0 radical (unpaired) electrons. The van der Waals surface area contributed by atoms with Crippen LogP contribution in [0.3, 0.4) is 0 Å². The van der Waals surface area contributed by atoms with E-state index in [-0.39, 0.29) is 10.8 Å². The molecule has 0 aromatic heterocycles. The Kier molecular flexibility index (Phi) is 10.6.